The molecule has 2 aromatic rings. The zero-order chi connectivity index (χ0) is 15.3. The Bertz CT molecular complexity index is 585. The highest BCUT2D eigenvalue weighted by molar-refractivity contribution is 5.96. The van der Waals surface area contributed by atoms with Crippen LogP contribution in [-0.2, 0) is 0 Å². The van der Waals surface area contributed by atoms with Crippen LogP contribution in [0.5, 0.6) is 0 Å². The summed E-state index contributed by atoms with van der Waals surface area (Å²) in [7, 11) is 0. The second-order valence-electron chi connectivity index (χ2n) is 4.45. The molecule has 1 aromatic heterocycles. The van der Waals surface area contributed by atoms with Crippen molar-refractivity contribution in [3.63, 3.8) is 0 Å². The largest absolute Gasteiger partial charge is 0.409 e. The smallest absolute Gasteiger partial charge is 0.358 e. The first-order valence-corrected chi connectivity index (χ1v) is 6.29. The molecule has 0 spiro atoms. The maximum absolute atomic E-state index is 13.0. The van der Waals surface area contributed by atoms with Crippen molar-refractivity contribution in [3.8, 4) is 0 Å². The quantitative estimate of drug-likeness (QED) is 0.855. The number of pyridine rings is 1. The number of halogens is 3. The molecular weight excluding hydrogens is 281 g/mol. The third-order valence-corrected chi connectivity index (χ3v) is 2.87. The van der Waals surface area contributed by atoms with E-state index in [1.165, 1.54) is 24.4 Å². The fourth-order valence-electron chi connectivity index (χ4n) is 1.80. The summed E-state index contributed by atoms with van der Waals surface area (Å²) in [6.45, 7) is 0. The van der Waals surface area contributed by atoms with Crippen LogP contribution < -0.4 is 5.32 Å². The molecule has 0 aliphatic rings. The van der Waals surface area contributed by atoms with E-state index < -0.39 is 24.4 Å². The lowest BCUT2D eigenvalue weighted by atomic mass is 10.0. The van der Waals surface area contributed by atoms with E-state index in [9.17, 15) is 18.0 Å². The van der Waals surface area contributed by atoms with Gasteiger partial charge in [0.15, 0.2) is 5.78 Å². The van der Waals surface area contributed by atoms with Crippen LogP contribution in [0, 0.1) is 0 Å². The number of aromatic nitrogens is 1. The number of hydrogen-bond donors (Lipinski definition) is 1. The van der Waals surface area contributed by atoms with Gasteiger partial charge in [-0.1, -0.05) is 36.4 Å². The predicted octanol–water partition coefficient (Wildman–Crippen LogP) is 3.70. The summed E-state index contributed by atoms with van der Waals surface area (Å²) in [4.78, 5) is 15.7. The van der Waals surface area contributed by atoms with Gasteiger partial charge in [0.25, 0.3) is 0 Å². The van der Waals surface area contributed by atoms with Crippen LogP contribution >= 0.6 is 0 Å². The topological polar surface area (TPSA) is 42.0 Å². The molecule has 1 aromatic carbocycles. The second kappa shape index (κ2) is 6.39. The van der Waals surface area contributed by atoms with Crippen molar-refractivity contribution in [1.29, 1.82) is 0 Å². The number of benzene rings is 1. The van der Waals surface area contributed by atoms with Gasteiger partial charge in [0.05, 0.1) is 0 Å². The number of carbonyl (C=O) groups excluding carboxylic acids is 1. The number of ketones is 1. The monoisotopic (exact) mass is 294 g/mol. The average molecular weight is 294 g/mol. The van der Waals surface area contributed by atoms with Crippen LogP contribution in [-0.4, -0.2) is 23.0 Å². The minimum atomic E-state index is -4.54. The minimum absolute atomic E-state index is 0.0840. The number of anilines is 1. The number of nitrogens with zero attached hydrogens (tertiary/aromatic N) is 1. The molecule has 0 radical (unpaired) electrons. The second-order valence-corrected chi connectivity index (χ2v) is 4.45. The Kier molecular flexibility index (Phi) is 4.57. The van der Waals surface area contributed by atoms with Crippen LogP contribution in [0.2, 0.25) is 0 Å². The van der Waals surface area contributed by atoms with Crippen LogP contribution in [0.1, 0.15) is 16.8 Å². The van der Waals surface area contributed by atoms with E-state index in [0.717, 1.165) is 0 Å². The van der Waals surface area contributed by atoms with E-state index >= 15 is 0 Å². The van der Waals surface area contributed by atoms with E-state index in [-0.39, 0.29) is 11.4 Å². The first-order chi connectivity index (χ1) is 9.97. The molecule has 0 bridgehead atoms. The van der Waals surface area contributed by atoms with Crippen LogP contribution in [0.15, 0.2) is 54.7 Å². The molecule has 0 aliphatic heterocycles. The predicted molar refractivity (Wildman–Crippen MR) is 73.1 cm³/mol. The highest BCUT2D eigenvalue weighted by Gasteiger charge is 2.41. The number of rotatable bonds is 5. The molecule has 1 heterocycles. The Balaban J connectivity index is 2.12. The first-order valence-electron chi connectivity index (χ1n) is 6.29. The molecule has 0 amide bonds. The van der Waals surface area contributed by atoms with E-state index in [1.54, 1.807) is 30.3 Å². The summed E-state index contributed by atoms with van der Waals surface area (Å²) in [5.74, 6) is -0.484. The number of hydrogen-bond acceptors (Lipinski definition) is 3. The number of nitrogens with one attached hydrogen (secondary N) is 1. The Morgan fingerprint density at radius 1 is 1.10 bits per heavy atom. The molecule has 1 N–H and O–H groups in total. The van der Waals surface area contributed by atoms with Gasteiger partial charge in [0.2, 0.25) is 0 Å². The SMILES string of the molecule is O=C(CC(Nc1ccccn1)C(F)(F)F)c1ccccc1. The number of alkyl halides is 3. The summed E-state index contributed by atoms with van der Waals surface area (Å²) in [5, 5.41) is 2.26. The van der Waals surface area contributed by atoms with Crippen molar-refractivity contribution in [3.05, 3.63) is 60.3 Å². The van der Waals surface area contributed by atoms with E-state index in [4.69, 9.17) is 0 Å². The van der Waals surface area contributed by atoms with Gasteiger partial charge in [-0.2, -0.15) is 13.2 Å². The summed E-state index contributed by atoms with van der Waals surface area (Å²) in [6, 6.07) is 10.5. The third kappa shape index (κ3) is 4.30. The summed E-state index contributed by atoms with van der Waals surface area (Å²) in [6.07, 6.45) is -3.83. The standard InChI is InChI=1S/C15H13F3N2O/c16-15(17,18)13(20-14-8-4-5-9-19-14)10-12(21)11-6-2-1-3-7-11/h1-9,13H,10H2,(H,19,20). The fraction of sp³-hybridized carbons (Fsp3) is 0.200. The summed E-state index contributed by atoms with van der Waals surface area (Å²) in [5.41, 5.74) is 0.259. The highest BCUT2D eigenvalue weighted by Crippen LogP contribution is 2.26. The van der Waals surface area contributed by atoms with Gasteiger partial charge >= 0.3 is 6.18 Å². The molecule has 0 fully saturated rings. The lowest BCUT2D eigenvalue weighted by Crippen LogP contribution is -2.38. The Morgan fingerprint density at radius 2 is 1.76 bits per heavy atom. The third-order valence-electron chi connectivity index (χ3n) is 2.87. The molecule has 3 nitrogen and oxygen atoms in total. The van der Waals surface area contributed by atoms with Crippen molar-refractivity contribution >= 4 is 11.6 Å². The van der Waals surface area contributed by atoms with Gasteiger partial charge in [0, 0.05) is 18.2 Å². The lowest BCUT2D eigenvalue weighted by Gasteiger charge is -2.21. The van der Waals surface area contributed by atoms with E-state index in [1.807, 2.05) is 0 Å². The van der Waals surface area contributed by atoms with Gasteiger partial charge in [-0.05, 0) is 12.1 Å². The molecule has 1 atom stereocenters. The normalized spacial score (nSPS) is 12.7. The van der Waals surface area contributed by atoms with Gasteiger partial charge in [-0.3, -0.25) is 4.79 Å². The number of carbonyl (C=O) groups is 1. The molecule has 6 heteroatoms. The van der Waals surface area contributed by atoms with E-state index in [2.05, 4.69) is 10.3 Å². The fourth-order valence-corrected chi connectivity index (χ4v) is 1.80. The molecular formula is C15H13F3N2O. The van der Waals surface area contributed by atoms with Crippen molar-refractivity contribution in [2.24, 2.45) is 0 Å². The molecule has 2 rings (SSSR count). The Morgan fingerprint density at radius 3 is 2.33 bits per heavy atom. The van der Waals surface area contributed by atoms with Gasteiger partial charge in [0.1, 0.15) is 11.9 Å². The molecule has 0 aliphatic carbocycles. The Labute approximate surface area is 119 Å². The summed E-state index contributed by atoms with van der Waals surface area (Å²) >= 11 is 0. The molecule has 21 heavy (non-hydrogen) atoms. The minimum Gasteiger partial charge on any atom is -0.358 e. The van der Waals surface area contributed by atoms with Crippen LogP contribution in [0.25, 0.3) is 0 Å². The van der Waals surface area contributed by atoms with Gasteiger partial charge in [-0.15, -0.1) is 0 Å². The van der Waals surface area contributed by atoms with E-state index in [0.29, 0.717) is 0 Å². The Hall–Kier alpha value is -2.37. The van der Waals surface area contributed by atoms with Gasteiger partial charge in [-0.25, -0.2) is 4.98 Å². The van der Waals surface area contributed by atoms with Crippen molar-refractivity contribution < 1.29 is 18.0 Å². The molecule has 0 saturated heterocycles. The maximum atomic E-state index is 13.0. The molecule has 110 valence electrons. The maximum Gasteiger partial charge on any atom is 0.409 e. The average Bonchev–Trinajstić information content (AvgIpc) is 2.47. The number of Topliss-reactive ketones (excluding diaryl/α,β-unsaturated/α-hetero) is 1. The zero-order valence-corrected chi connectivity index (χ0v) is 11.0. The lowest BCUT2D eigenvalue weighted by molar-refractivity contribution is -0.141. The first kappa shape index (κ1) is 15.0. The molecule has 0 saturated carbocycles. The van der Waals surface area contributed by atoms with Crippen molar-refractivity contribution in [2.75, 3.05) is 5.32 Å². The zero-order valence-electron chi connectivity index (χ0n) is 11.0. The summed E-state index contributed by atoms with van der Waals surface area (Å²) < 4.78 is 39.1. The van der Waals surface area contributed by atoms with Crippen molar-refractivity contribution in [2.45, 2.75) is 18.6 Å². The van der Waals surface area contributed by atoms with Crippen molar-refractivity contribution in [1.82, 2.24) is 4.98 Å². The van der Waals surface area contributed by atoms with Crippen LogP contribution in [0.4, 0.5) is 19.0 Å². The van der Waals surface area contributed by atoms with Crippen LogP contribution in [0.3, 0.4) is 0 Å². The van der Waals surface area contributed by atoms with Gasteiger partial charge < -0.3 is 5.32 Å². The molecule has 1 unspecified atom stereocenters. The highest BCUT2D eigenvalue weighted by atomic mass is 19.4.